The number of Topliss-reactive ketones (excluding diaryl/α,β-unsaturated/α-hetero) is 1. The summed E-state index contributed by atoms with van der Waals surface area (Å²) in [5.41, 5.74) is 0.757. The van der Waals surface area contributed by atoms with E-state index in [1.807, 2.05) is 57.3 Å². The summed E-state index contributed by atoms with van der Waals surface area (Å²) in [6, 6.07) is 13.4. The number of ketones is 1. The Morgan fingerprint density at radius 3 is 2.59 bits per heavy atom. The highest BCUT2D eigenvalue weighted by molar-refractivity contribution is 7.71. The fourth-order valence-corrected chi connectivity index (χ4v) is 4.66. The number of amides is 1. The molecule has 4 rings (SSSR count). The number of hydrogen-bond donors (Lipinski definition) is 1. The fraction of sp³-hybridized carbons (Fsp3) is 0.333. The van der Waals surface area contributed by atoms with Crippen LogP contribution in [0, 0.1) is 10.7 Å². The van der Waals surface area contributed by atoms with Gasteiger partial charge in [0, 0.05) is 37.5 Å². The molecule has 0 bridgehead atoms. The maximum Gasteiger partial charge on any atom is 0.224 e. The van der Waals surface area contributed by atoms with Crippen molar-refractivity contribution in [1.82, 2.24) is 19.7 Å². The normalized spacial score (nSPS) is 14.8. The third kappa shape index (κ3) is 4.38. The van der Waals surface area contributed by atoms with E-state index in [4.69, 9.17) is 12.2 Å². The molecule has 3 heterocycles. The molecule has 3 aromatic rings. The third-order valence-electron chi connectivity index (χ3n) is 5.33. The predicted molar refractivity (Wildman–Crippen MR) is 115 cm³/mol. The van der Waals surface area contributed by atoms with Crippen LogP contribution in [-0.4, -0.2) is 44.4 Å². The van der Waals surface area contributed by atoms with E-state index in [0.717, 1.165) is 16.3 Å². The van der Waals surface area contributed by atoms with E-state index in [1.54, 1.807) is 11.3 Å². The summed E-state index contributed by atoms with van der Waals surface area (Å²) in [5.74, 6) is 1.04. The Kier molecular flexibility index (Phi) is 6.01. The smallest absolute Gasteiger partial charge is 0.224 e. The van der Waals surface area contributed by atoms with Crippen LogP contribution >= 0.6 is 23.6 Å². The van der Waals surface area contributed by atoms with Gasteiger partial charge in [0.25, 0.3) is 0 Å². The van der Waals surface area contributed by atoms with Gasteiger partial charge in [-0.25, -0.2) is 0 Å². The number of carbonyl (C=O) groups excluding carboxylic acids is 2. The molecule has 2 aromatic heterocycles. The maximum absolute atomic E-state index is 12.7. The van der Waals surface area contributed by atoms with Gasteiger partial charge in [-0.15, -0.1) is 11.3 Å². The largest absolute Gasteiger partial charge is 0.343 e. The first-order chi connectivity index (χ1) is 14.1. The Labute approximate surface area is 178 Å². The van der Waals surface area contributed by atoms with Crippen molar-refractivity contribution in [2.24, 2.45) is 5.92 Å². The average molecular weight is 427 g/mol. The number of aromatic amines is 1. The lowest BCUT2D eigenvalue weighted by atomic mass is 9.89. The van der Waals surface area contributed by atoms with Crippen LogP contribution in [0.15, 0.2) is 47.8 Å². The topological polar surface area (TPSA) is 71.0 Å². The van der Waals surface area contributed by atoms with Gasteiger partial charge >= 0.3 is 0 Å². The second kappa shape index (κ2) is 8.84. The van der Waals surface area contributed by atoms with Crippen LogP contribution < -0.4 is 0 Å². The number of nitrogens with zero attached hydrogens (tertiary/aromatic N) is 3. The lowest BCUT2D eigenvalue weighted by Gasteiger charge is -2.31. The van der Waals surface area contributed by atoms with Crippen molar-refractivity contribution in [1.29, 1.82) is 0 Å². The summed E-state index contributed by atoms with van der Waals surface area (Å²) >= 11 is 6.92. The molecular formula is C21H22N4O2S2. The minimum Gasteiger partial charge on any atom is -0.343 e. The zero-order valence-electron chi connectivity index (χ0n) is 15.9. The molecule has 0 atom stereocenters. The van der Waals surface area contributed by atoms with Gasteiger partial charge in [-0.1, -0.05) is 36.4 Å². The first-order valence-electron chi connectivity index (χ1n) is 9.69. The molecule has 1 aliphatic heterocycles. The van der Waals surface area contributed by atoms with E-state index in [9.17, 15) is 9.59 Å². The number of aromatic nitrogens is 3. The highest BCUT2D eigenvalue weighted by Gasteiger charge is 2.27. The molecular weight excluding hydrogens is 404 g/mol. The predicted octanol–water partition coefficient (Wildman–Crippen LogP) is 4.18. The number of rotatable bonds is 6. The summed E-state index contributed by atoms with van der Waals surface area (Å²) < 4.78 is 2.40. The second-order valence-electron chi connectivity index (χ2n) is 7.12. The molecule has 0 unspecified atom stereocenters. The quantitative estimate of drug-likeness (QED) is 0.474. The number of piperidine rings is 1. The molecule has 0 aliphatic carbocycles. The molecule has 150 valence electrons. The third-order valence-corrected chi connectivity index (χ3v) is 6.50. The number of H-pyrrole nitrogens is 1. The van der Waals surface area contributed by atoms with Crippen LogP contribution in [0.1, 0.15) is 29.6 Å². The zero-order chi connectivity index (χ0) is 20.2. The second-order valence-corrected chi connectivity index (χ2v) is 8.45. The van der Waals surface area contributed by atoms with Gasteiger partial charge in [0.2, 0.25) is 5.91 Å². The Morgan fingerprint density at radius 2 is 1.90 bits per heavy atom. The summed E-state index contributed by atoms with van der Waals surface area (Å²) in [7, 11) is 0. The number of nitrogens with one attached hydrogen (secondary N) is 1. The molecule has 0 radical (unpaired) electrons. The molecule has 1 aromatic carbocycles. The lowest BCUT2D eigenvalue weighted by Crippen LogP contribution is -2.40. The van der Waals surface area contributed by atoms with Crippen LogP contribution in [0.2, 0.25) is 0 Å². The zero-order valence-corrected chi connectivity index (χ0v) is 17.5. The molecule has 1 N–H and O–H groups in total. The SMILES string of the molecule is O=C(c1ccccc1)C1CCN(C(=O)CCn2c(-c3cccs3)n[nH]c2=S)CC1. The Morgan fingerprint density at radius 1 is 1.14 bits per heavy atom. The first kappa shape index (κ1) is 19.7. The molecule has 8 heteroatoms. The Hall–Kier alpha value is -2.58. The van der Waals surface area contributed by atoms with Gasteiger partial charge in [0.05, 0.1) is 4.88 Å². The van der Waals surface area contributed by atoms with Crippen LogP contribution in [0.3, 0.4) is 0 Å². The fourth-order valence-electron chi connectivity index (χ4n) is 3.71. The standard InChI is InChI=1S/C21H22N4O2S2/c26-18(10-13-25-20(22-23-21(25)28)17-7-4-14-29-17)24-11-8-16(9-12-24)19(27)15-5-2-1-3-6-15/h1-7,14,16H,8-13H2,(H,23,28). The molecule has 0 saturated carbocycles. The van der Waals surface area contributed by atoms with E-state index in [-0.39, 0.29) is 17.6 Å². The number of hydrogen-bond acceptors (Lipinski definition) is 5. The monoisotopic (exact) mass is 426 g/mol. The van der Waals surface area contributed by atoms with Crippen molar-refractivity contribution in [3.05, 3.63) is 58.2 Å². The molecule has 1 aliphatic rings. The lowest BCUT2D eigenvalue weighted by molar-refractivity contribution is -0.132. The van der Waals surface area contributed by atoms with Gasteiger partial charge in [-0.3, -0.25) is 19.3 Å². The number of likely N-dealkylation sites (tertiary alicyclic amines) is 1. The van der Waals surface area contributed by atoms with Crippen molar-refractivity contribution >= 4 is 35.2 Å². The number of benzene rings is 1. The van der Waals surface area contributed by atoms with Crippen molar-refractivity contribution in [2.45, 2.75) is 25.8 Å². The summed E-state index contributed by atoms with van der Waals surface area (Å²) in [6.07, 6.45) is 1.79. The molecule has 29 heavy (non-hydrogen) atoms. The summed E-state index contributed by atoms with van der Waals surface area (Å²) in [5, 5.41) is 9.11. The average Bonchev–Trinajstić information content (AvgIpc) is 3.42. The molecule has 1 amide bonds. The highest BCUT2D eigenvalue weighted by atomic mass is 32.1. The van der Waals surface area contributed by atoms with Crippen LogP contribution in [0.25, 0.3) is 10.7 Å². The van der Waals surface area contributed by atoms with E-state index in [0.29, 0.717) is 43.7 Å². The molecule has 1 fully saturated rings. The number of thiophene rings is 1. The number of carbonyl (C=O) groups is 2. The molecule has 1 saturated heterocycles. The maximum atomic E-state index is 12.7. The van der Waals surface area contributed by atoms with Crippen LogP contribution in [0.4, 0.5) is 0 Å². The minimum absolute atomic E-state index is 0.00521. The first-order valence-corrected chi connectivity index (χ1v) is 11.0. The van der Waals surface area contributed by atoms with Crippen molar-refractivity contribution in [3.63, 3.8) is 0 Å². The van der Waals surface area contributed by atoms with E-state index < -0.39 is 0 Å². The van der Waals surface area contributed by atoms with E-state index in [1.165, 1.54) is 0 Å². The van der Waals surface area contributed by atoms with Gasteiger partial charge in [-0.05, 0) is 36.5 Å². The van der Waals surface area contributed by atoms with Gasteiger partial charge in [-0.2, -0.15) is 5.10 Å². The van der Waals surface area contributed by atoms with Gasteiger partial charge in [0.15, 0.2) is 16.4 Å². The van der Waals surface area contributed by atoms with E-state index >= 15 is 0 Å². The molecule has 6 nitrogen and oxygen atoms in total. The van der Waals surface area contributed by atoms with Gasteiger partial charge in [0.1, 0.15) is 0 Å². The Balaban J connectivity index is 1.33. The van der Waals surface area contributed by atoms with Gasteiger partial charge < -0.3 is 4.90 Å². The van der Waals surface area contributed by atoms with Crippen molar-refractivity contribution < 1.29 is 9.59 Å². The minimum atomic E-state index is -0.00521. The molecule has 0 spiro atoms. The Bertz CT molecular complexity index is 1030. The summed E-state index contributed by atoms with van der Waals surface area (Å²) in [6.45, 7) is 1.73. The van der Waals surface area contributed by atoms with Crippen LogP contribution in [-0.2, 0) is 11.3 Å². The van der Waals surface area contributed by atoms with E-state index in [2.05, 4.69) is 10.2 Å². The summed E-state index contributed by atoms with van der Waals surface area (Å²) in [4.78, 5) is 28.2. The van der Waals surface area contributed by atoms with Crippen molar-refractivity contribution in [3.8, 4) is 10.7 Å². The highest BCUT2D eigenvalue weighted by Crippen LogP contribution is 2.24. The van der Waals surface area contributed by atoms with Crippen LogP contribution in [0.5, 0.6) is 0 Å². The van der Waals surface area contributed by atoms with Crippen molar-refractivity contribution in [2.75, 3.05) is 13.1 Å².